The first-order valence-corrected chi connectivity index (χ1v) is 5.93. The fraction of sp³-hybridized carbons (Fsp3) is 0.0714. The summed E-state index contributed by atoms with van der Waals surface area (Å²) in [6.45, 7) is 0. The molecule has 2 aromatic carbocycles. The van der Waals surface area contributed by atoms with Crippen molar-refractivity contribution in [2.75, 3.05) is 18.2 Å². The van der Waals surface area contributed by atoms with Crippen LogP contribution in [0.5, 0.6) is 5.75 Å². The van der Waals surface area contributed by atoms with Gasteiger partial charge in [-0.2, -0.15) is 5.26 Å². The van der Waals surface area contributed by atoms with Crippen LogP contribution in [-0.2, 0) is 0 Å². The van der Waals surface area contributed by atoms with E-state index in [2.05, 4.69) is 11.4 Å². The van der Waals surface area contributed by atoms with Crippen molar-refractivity contribution >= 4 is 28.7 Å². The van der Waals surface area contributed by atoms with E-state index in [9.17, 15) is 0 Å². The highest BCUT2D eigenvalue weighted by Gasteiger charge is 2.12. The van der Waals surface area contributed by atoms with Gasteiger partial charge in [-0.25, -0.2) is 0 Å². The number of anilines is 3. The van der Waals surface area contributed by atoms with Crippen molar-refractivity contribution in [3.05, 3.63) is 47.0 Å². The van der Waals surface area contributed by atoms with Gasteiger partial charge in [-0.15, -0.1) is 0 Å². The summed E-state index contributed by atoms with van der Waals surface area (Å²) >= 11 is 6.10. The van der Waals surface area contributed by atoms with E-state index in [-0.39, 0.29) is 0 Å². The van der Waals surface area contributed by atoms with Crippen LogP contribution in [0.25, 0.3) is 0 Å². The van der Waals surface area contributed by atoms with Crippen LogP contribution in [0.3, 0.4) is 0 Å². The summed E-state index contributed by atoms with van der Waals surface area (Å²) in [4.78, 5) is 0. The minimum Gasteiger partial charge on any atom is -0.495 e. The van der Waals surface area contributed by atoms with Gasteiger partial charge in [0.2, 0.25) is 0 Å². The second kappa shape index (κ2) is 5.51. The van der Waals surface area contributed by atoms with Crippen LogP contribution in [-0.4, -0.2) is 7.11 Å². The van der Waals surface area contributed by atoms with E-state index in [1.54, 1.807) is 36.4 Å². The summed E-state index contributed by atoms with van der Waals surface area (Å²) < 4.78 is 5.24. The average Bonchev–Trinajstić information content (AvgIpc) is 2.42. The molecular weight excluding hydrogens is 262 g/mol. The molecule has 19 heavy (non-hydrogen) atoms. The Labute approximate surface area is 116 Å². The lowest BCUT2D eigenvalue weighted by Gasteiger charge is -2.15. The molecule has 2 aromatic rings. The van der Waals surface area contributed by atoms with E-state index >= 15 is 0 Å². The van der Waals surface area contributed by atoms with Crippen molar-refractivity contribution in [2.45, 2.75) is 0 Å². The predicted molar refractivity (Wildman–Crippen MR) is 76.9 cm³/mol. The quantitative estimate of drug-likeness (QED) is 0.839. The van der Waals surface area contributed by atoms with Crippen molar-refractivity contribution < 1.29 is 4.74 Å². The van der Waals surface area contributed by atoms with Gasteiger partial charge in [0.15, 0.2) is 0 Å². The van der Waals surface area contributed by atoms with E-state index in [1.807, 2.05) is 0 Å². The molecule has 0 radical (unpaired) electrons. The molecule has 0 fully saturated rings. The van der Waals surface area contributed by atoms with E-state index < -0.39 is 0 Å². The molecule has 5 heteroatoms. The molecule has 0 heterocycles. The molecule has 4 nitrogen and oxygen atoms in total. The lowest BCUT2D eigenvalue weighted by atomic mass is 10.1. The first-order chi connectivity index (χ1) is 9.17. The van der Waals surface area contributed by atoms with Gasteiger partial charge in [-0.3, -0.25) is 0 Å². The summed E-state index contributed by atoms with van der Waals surface area (Å²) in [5.41, 5.74) is 7.95. The lowest BCUT2D eigenvalue weighted by Crippen LogP contribution is -2.01. The van der Waals surface area contributed by atoms with Gasteiger partial charge in [-0.05, 0) is 24.3 Å². The number of methoxy groups -OCH3 is 1. The number of nitrogens with zero attached hydrogens (tertiary/aromatic N) is 1. The van der Waals surface area contributed by atoms with Gasteiger partial charge in [0.25, 0.3) is 0 Å². The number of hydrogen-bond donors (Lipinski definition) is 2. The minimum atomic E-state index is 0.457. The van der Waals surface area contributed by atoms with Crippen molar-refractivity contribution in [3.63, 3.8) is 0 Å². The summed E-state index contributed by atoms with van der Waals surface area (Å²) in [7, 11) is 1.54. The normalized spacial score (nSPS) is 9.74. The van der Waals surface area contributed by atoms with Crippen LogP contribution in [0.4, 0.5) is 17.1 Å². The Balaban J connectivity index is 2.52. The highest BCUT2D eigenvalue weighted by Crippen LogP contribution is 2.36. The third-order valence-electron chi connectivity index (χ3n) is 2.66. The third kappa shape index (κ3) is 2.56. The fourth-order valence-electron chi connectivity index (χ4n) is 1.72. The topological polar surface area (TPSA) is 71.1 Å². The monoisotopic (exact) mass is 273 g/mol. The van der Waals surface area contributed by atoms with Crippen molar-refractivity contribution in [3.8, 4) is 11.8 Å². The van der Waals surface area contributed by atoms with Crippen LogP contribution in [0.2, 0.25) is 5.02 Å². The first kappa shape index (κ1) is 13.1. The summed E-state index contributed by atoms with van der Waals surface area (Å²) in [6, 6.07) is 12.5. The SMILES string of the molecule is COc1cccc(C#N)c1Nc1c(N)cccc1Cl. The highest BCUT2D eigenvalue weighted by molar-refractivity contribution is 6.34. The van der Waals surface area contributed by atoms with Crippen molar-refractivity contribution in [1.29, 1.82) is 5.26 Å². The Hall–Kier alpha value is -2.38. The minimum absolute atomic E-state index is 0.457. The predicted octanol–water partition coefficient (Wildman–Crippen LogP) is 3.55. The molecule has 0 amide bonds. The second-order valence-corrected chi connectivity index (χ2v) is 4.23. The molecule has 0 aromatic heterocycles. The van der Waals surface area contributed by atoms with Crippen LogP contribution in [0.1, 0.15) is 5.56 Å². The van der Waals surface area contributed by atoms with Crippen molar-refractivity contribution in [1.82, 2.24) is 0 Å². The van der Waals surface area contributed by atoms with E-state index in [1.165, 1.54) is 7.11 Å². The Morgan fingerprint density at radius 1 is 1.21 bits per heavy atom. The summed E-state index contributed by atoms with van der Waals surface area (Å²) in [6.07, 6.45) is 0. The van der Waals surface area contributed by atoms with E-state index in [0.29, 0.717) is 33.4 Å². The number of ether oxygens (including phenoxy) is 1. The van der Waals surface area contributed by atoms with Gasteiger partial charge in [-0.1, -0.05) is 23.7 Å². The maximum atomic E-state index is 9.15. The Bertz CT molecular complexity index is 629. The first-order valence-electron chi connectivity index (χ1n) is 5.55. The number of nitrogens with one attached hydrogen (secondary N) is 1. The Kier molecular flexibility index (Phi) is 3.79. The Morgan fingerprint density at radius 2 is 1.95 bits per heavy atom. The maximum Gasteiger partial charge on any atom is 0.143 e. The molecule has 2 rings (SSSR count). The number of benzene rings is 2. The standard InChI is InChI=1S/C14H12ClN3O/c1-19-12-7-2-4-9(8-16)13(12)18-14-10(15)5-3-6-11(14)17/h2-7,18H,17H2,1H3. The van der Waals surface area contributed by atoms with Crippen LogP contribution >= 0.6 is 11.6 Å². The van der Waals surface area contributed by atoms with E-state index in [0.717, 1.165) is 0 Å². The number of halogens is 1. The number of nitrogen functional groups attached to an aromatic ring is 1. The molecule has 0 saturated heterocycles. The van der Waals surface area contributed by atoms with Gasteiger partial charge in [0, 0.05) is 0 Å². The van der Waals surface area contributed by atoms with Gasteiger partial charge in [0.05, 0.1) is 34.8 Å². The number of rotatable bonds is 3. The Morgan fingerprint density at radius 3 is 2.58 bits per heavy atom. The molecule has 0 saturated carbocycles. The molecule has 0 unspecified atom stereocenters. The number of nitrogens with two attached hydrogens (primary N) is 1. The molecule has 96 valence electrons. The average molecular weight is 274 g/mol. The van der Waals surface area contributed by atoms with Gasteiger partial charge >= 0.3 is 0 Å². The highest BCUT2D eigenvalue weighted by atomic mass is 35.5. The zero-order valence-electron chi connectivity index (χ0n) is 10.3. The van der Waals surface area contributed by atoms with Gasteiger partial charge in [0.1, 0.15) is 11.8 Å². The molecule has 0 bridgehead atoms. The van der Waals surface area contributed by atoms with E-state index in [4.69, 9.17) is 27.3 Å². The third-order valence-corrected chi connectivity index (χ3v) is 2.98. The zero-order chi connectivity index (χ0) is 13.8. The lowest BCUT2D eigenvalue weighted by molar-refractivity contribution is 0.416. The molecule has 0 aliphatic rings. The number of hydrogen-bond acceptors (Lipinski definition) is 4. The van der Waals surface area contributed by atoms with Crippen molar-refractivity contribution in [2.24, 2.45) is 0 Å². The largest absolute Gasteiger partial charge is 0.495 e. The van der Waals surface area contributed by atoms with Gasteiger partial charge < -0.3 is 15.8 Å². The molecule has 0 spiro atoms. The number of para-hydroxylation sites is 2. The fourth-order valence-corrected chi connectivity index (χ4v) is 1.95. The van der Waals surface area contributed by atoms with Crippen LogP contribution < -0.4 is 15.8 Å². The maximum absolute atomic E-state index is 9.15. The molecule has 0 atom stereocenters. The second-order valence-electron chi connectivity index (χ2n) is 3.82. The summed E-state index contributed by atoms with van der Waals surface area (Å²) in [5, 5.41) is 12.7. The molecule has 0 aliphatic heterocycles. The number of nitriles is 1. The zero-order valence-corrected chi connectivity index (χ0v) is 11.0. The van der Waals surface area contributed by atoms with Crippen LogP contribution in [0.15, 0.2) is 36.4 Å². The van der Waals surface area contributed by atoms with Crippen LogP contribution in [0, 0.1) is 11.3 Å². The molecule has 3 N–H and O–H groups in total. The summed E-state index contributed by atoms with van der Waals surface area (Å²) in [5.74, 6) is 0.554. The smallest absolute Gasteiger partial charge is 0.143 e. The molecular formula is C14H12ClN3O. The molecule has 0 aliphatic carbocycles.